The van der Waals surface area contributed by atoms with Gasteiger partial charge in [-0.05, 0) is 18.9 Å². The zero-order valence-corrected chi connectivity index (χ0v) is 19.6. The van der Waals surface area contributed by atoms with Crippen LogP contribution in [0.1, 0.15) is 12.0 Å². The van der Waals surface area contributed by atoms with Gasteiger partial charge in [-0.25, -0.2) is 13.4 Å². The molecule has 0 aliphatic carbocycles. The lowest BCUT2D eigenvalue weighted by Gasteiger charge is -2.28. The highest BCUT2D eigenvalue weighted by Gasteiger charge is 2.34. The molecule has 0 saturated carbocycles. The number of hydrogen-bond acceptors (Lipinski definition) is 7. The summed E-state index contributed by atoms with van der Waals surface area (Å²) in [5.41, 5.74) is 2.55. The van der Waals surface area contributed by atoms with Crippen LogP contribution >= 0.6 is 11.3 Å². The summed E-state index contributed by atoms with van der Waals surface area (Å²) in [5.74, 6) is -0.313. The lowest BCUT2D eigenvalue weighted by molar-refractivity contribution is -0.134. The van der Waals surface area contributed by atoms with E-state index in [1.807, 2.05) is 36.6 Å². The van der Waals surface area contributed by atoms with Crippen molar-refractivity contribution in [2.45, 2.75) is 25.9 Å². The molecule has 10 heteroatoms. The summed E-state index contributed by atoms with van der Waals surface area (Å²) in [5, 5.41) is 2.39. The van der Waals surface area contributed by atoms with Crippen LogP contribution in [0.15, 0.2) is 40.8 Å². The number of aryl methyl sites for hydroxylation is 1. The molecule has 0 unspecified atom stereocenters. The molecule has 3 heterocycles. The second-order valence-corrected chi connectivity index (χ2v) is 11.1. The first kappa shape index (κ1) is 22.6. The maximum absolute atomic E-state index is 13.3. The fraction of sp³-hybridized carbons (Fsp3) is 0.409. The van der Waals surface area contributed by atoms with Crippen LogP contribution in [0.2, 0.25) is 0 Å². The zero-order valence-electron chi connectivity index (χ0n) is 18.0. The molecular formula is C22H25N3O5S2. The van der Waals surface area contributed by atoms with Crippen molar-refractivity contribution in [3.63, 3.8) is 0 Å². The number of rotatable bonds is 7. The molecule has 1 fully saturated rings. The molecule has 8 nitrogen and oxygen atoms in total. The maximum Gasteiger partial charge on any atom is 0.263 e. The highest BCUT2D eigenvalue weighted by Crippen LogP contribution is 2.30. The number of fused-ring (bicyclic) bond motifs is 1. The van der Waals surface area contributed by atoms with E-state index in [0.717, 1.165) is 16.7 Å². The molecule has 3 aromatic rings. The second-order valence-electron chi connectivity index (χ2n) is 8.01. The standard InChI is InChI=1S/C22H25N3O5S2/c1-15-3-5-16(6-4-15)18-12-31-21-20(18)22(27)24(14-23-21)11-19(26)25(8-9-30-2)17-7-10-32(28,29)13-17/h3-6,12,14,17H,7-11,13H2,1-2H3/t17-/m0/s1. The predicted octanol–water partition coefficient (Wildman–Crippen LogP) is 2.10. The fourth-order valence-electron chi connectivity index (χ4n) is 3.98. The van der Waals surface area contributed by atoms with Crippen LogP contribution in [0.4, 0.5) is 0 Å². The maximum atomic E-state index is 13.3. The van der Waals surface area contributed by atoms with Gasteiger partial charge in [-0.1, -0.05) is 29.8 Å². The van der Waals surface area contributed by atoms with Crippen LogP contribution in [0.3, 0.4) is 0 Å². The second kappa shape index (κ2) is 9.13. The minimum Gasteiger partial charge on any atom is -0.383 e. The predicted molar refractivity (Wildman–Crippen MR) is 125 cm³/mol. The Hall–Kier alpha value is -2.56. The molecule has 170 valence electrons. The minimum atomic E-state index is -3.15. The molecule has 0 N–H and O–H groups in total. The molecule has 0 spiro atoms. The van der Waals surface area contributed by atoms with E-state index >= 15 is 0 Å². The highest BCUT2D eigenvalue weighted by molar-refractivity contribution is 7.91. The van der Waals surface area contributed by atoms with Crippen molar-refractivity contribution in [2.75, 3.05) is 31.8 Å². The molecule has 1 aliphatic heterocycles. The van der Waals surface area contributed by atoms with Gasteiger partial charge in [0, 0.05) is 30.6 Å². The summed E-state index contributed by atoms with van der Waals surface area (Å²) in [6.45, 7) is 2.36. The normalized spacial score (nSPS) is 17.6. The quantitative estimate of drug-likeness (QED) is 0.519. The first-order chi connectivity index (χ1) is 15.3. The number of amides is 1. The number of methoxy groups -OCH3 is 1. The van der Waals surface area contributed by atoms with Crippen molar-refractivity contribution < 1.29 is 17.9 Å². The first-order valence-electron chi connectivity index (χ1n) is 10.3. The van der Waals surface area contributed by atoms with Gasteiger partial charge in [-0.15, -0.1) is 11.3 Å². The Morgan fingerprint density at radius 1 is 1.31 bits per heavy atom. The number of thiophene rings is 1. The van der Waals surface area contributed by atoms with Crippen LogP contribution in [0.5, 0.6) is 0 Å². The molecule has 1 aliphatic rings. The highest BCUT2D eigenvalue weighted by atomic mass is 32.2. The number of carbonyl (C=O) groups excluding carboxylic acids is 1. The Kier molecular flexibility index (Phi) is 6.45. The summed E-state index contributed by atoms with van der Waals surface area (Å²) in [6.07, 6.45) is 1.78. The fourth-order valence-corrected chi connectivity index (χ4v) is 6.62. The topological polar surface area (TPSA) is 98.6 Å². The van der Waals surface area contributed by atoms with Gasteiger partial charge in [0.05, 0.1) is 29.8 Å². The van der Waals surface area contributed by atoms with Gasteiger partial charge < -0.3 is 9.64 Å². The van der Waals surface area contributed by atoms with Gasteiger partial charge in [0.25, 0.3) is 5.56 Å². The number of hydrogen-bond donors (Lipinski definition) is 0. The number of nitrogens with zero attached hydrogens (tertiary/aromatic N) is 3. The molecule has 0 radical (unpaired) electrons. The van der Waals surface area contributed by atoms with Gasteiger partial charge >= 0.3 is 0 Å². The Balaban J connectivity index is 1.64. The van der Waals surface area contributed by atoms with Crippen LogP contribution in [-0.4, -0.2) is 66.6 Å². The van der Waals surface area contributed by atoms with E-state index in [4.69, 9.17) is 4.74 Å². The summed E-state index contributed by atoms with van der Waals surface area (Å²) < 4.78 is 30.3. The van der Waals surface area contributed by atoms with Gasteiger partial charge in [-0.3, -0.25) is 14.2 Å². The molecule has 0 bridgehead atoms. The number of aromatic nitrogens is 2. The van der Waals surface area contributed by atoms with E-state index in [2.05, 4.69) is 4.98 Å². The average Bonchev–Trinajstić information content (AvgIpc) is 3.34. The molecule has 1 atom stereocenters. The molecule has 1 amide bonds. The average molecular weight is 476 g/mol. The van der Waals surface area contributed by atoms with E-state index in [-0.39, 0.29) is 42.7 Å². The van der Waals surface area contributed by atoms with Crippen molar-refractivity contribution in [1.29, 1.82) is 0 Å². The molecule has 4 rings (SSSR count). The van der Waals surface area contributed by atoms with Gasteiger partial charge in [0.2, 0.25) is 5.91 Å². The van der Waals surface area contributed by atoms with Crippen LogP contribution < -0.4 is 5.56 Å². The number of ether oxygens (including phenoxy) is 1. The molecule has 1 saturated heterocycles. The number of benzene rings is 1. The Labute approximate surface area is 190 Å². The minimum absolute atomic E-state index is 0.0588. The summed E-state index contributed by atoms with van der Waals surface area (Å²) in [4.78, 5) is 32.9. The van der Waals surface area contributed by atoms with Crippen LogP contribution in [0, 0.1) is 6.92 Å². The Bertz CT molecular complexity index is 1300. The smallest absolute Gasteiger partial charge is 0.263 e. The van der Waals surface area contributed by atoms with E-state index in [0.29, 0.717) is 16.6 Å². The van der Waals surface area contributed by atoms with E-state index in [1.165, 1.54) is 34.2 Å². The summed E-state index contributed by atoms with van der Waals surface area (Å²) in [6, 6.07) is 7.50. The van der Waals surface area contributed by atoms with Gasteiger partial charge in [0.1, 0.15) is 11.4 Å². The SMILES string of the molecule is COCCN(C(=O)Cn1cnc2scc(-c3ccc(C)cc3)c2c1=O)[C@H]1CCS(=O)(=O)C1. The third-order valence-corrected chi connectivity index (χ3v) is 8.37. The van der Waals surface area contributed by atoms with Crippen molar-refractivity contribution in [2.24, 2.45) is 0 Å². The van der Waals surface area contributed by atoms with Crippen molar-refractivity contribution in [1.82, 2.24) is 14.5 Å². The molecule has 32 heavy (non-hydrogen) atoms. The van der Waals surface area contributed by atoms with Crippen molar-refractivity contribution in [3.05, 3.63) is 51.9 Å². The van der Waals surface area contributed by atoms with E-state index in [9.17, 15) is 18.0 Å². The van der Waals surface area contributed by atoms with Crippen molar-refractivity contribution >= 4 is 37.3 Å². The third kappa shape index (κ3) is 4.62. The number of carbonyl (C=O) groups is 1. The lowest BCUT2D eigenvalue weighted by atomic mass is 10.1. The Morgan fingerprint density at radius 3 is 2.72 bits per heavy atom. The zero-order chi connectivity index (χ0) is 22.9. The lowest BCUT2D eigenvalue weighted by Crippen LogP contribution is -2.45. The van der Waals surface area contributed by atoms with Crippen LogP contribution in [0.25, 0.3) is 21.3 Å². The summed E-state index contributed by atoms with van der Waals surface area (Å²) >= 11 is 1.39. The van der Waals surface area contributed by atoms with Crippen LogP contribution in [-0.2, 0) is 25.9 Å². The Morgan fingerprint density at radius 2 is 2.06 bits per heavy atom. The first-order valence-corrected chi connectivity index (χ1v) is 13.0. The molecule has 1 aromatic carbocycles. The number of sulfone groups is 1. The van der Waals surface area contributed by atoms with Gasteiger partial charge in [-0.2, -0.15) is 0 Å². The van der Waals surface area contributed by atoms with E-state index in [1.54, 1.807) is 0 Å². The monoisotopic (exact) mass is 475 g/mol. The third-order valence-electron chi connectivity index (χ3n) is 5.73. The summed E-state index contributed by atoms with van der Waals surface area (Å²) in [7, 11) is -1.63. The molecular weight excluding hydrogens is 450 g/mol. The molecule has 2 aromatic heterocycles. The van der Waals surface area contributed by atoms with Crippen molar-refractivity contribution in [3.8, 4) is 11.1 Å². The largest absolute Gasteiger partial charge is 0.383 e. The van der Waals surface area contributed by atoms with Gasteiger partial charge in [0.15, 0.2) is 9.84 Å². The van der Waals surface area contributed by atoms with E-state index < -0.39 is 15.9 Å².